The van der Waals surface area contributed by atoms with Gasteiger partial charge in [0.2, 0.25) is 0 Å². The monoisotopic (exact) mass is 313 g/mol. The van der Waals surface area contributed by atoms with Crippen LogP contribution in [0.2, 0.25) is 0 Å². The summed E-state index contributed by atoms with van der Waals surface area (Å²) in [7, 11) is 0. The van der Waals surface area contributed by atoms with Crippen LogP contribution in [0.1, 0.15) is 11.3 Å². The van der Waals surface area contributed by atoms with Gasteiger partial charge in [0.1, 0.15) is 5.82 Å². The maximum Gasteiger partial charge on any atom is 0.188 e. The van der Waals surface area contributed by atoms with Crippen LogP contribution >= 0.6 is 23.1 Å². The van der Waals surface area contributed by atoms with E-state index in [0.29, 0.717) is 0 Å². The molecule has 0 radical (unpaired) electrons. The van der Waals surface area contributed by atoms with Crippen LogP contribution in [0.15, 0.2) is 57.8 Å². The van der Waals surface area contributed by atoms with Crippen molar-refractivity contribution >= 4 is 34.0 Å². The Labute approximate surface area is 132 Å². The third-order valence-corrected chi connectivity index (χ3v) is 4.95. The number of nitrogens with zero attached hydrogens (tertiary/aromatic N) is 2. The van der Waals surface area contributed by atoms with E-state index in [2.05, 4.69) is 46.5 Å². The number of aryl methyl sites for hydroxylation is 2. The van der Waals surface area contributed by atoms with Crippen molar-refractivity contribution in [2.75, 3.05) is 5.32 Å². The Balaban J connectivity index is 1.78. The predicted molar refractivity (Wildman–Crippen MR) is 89.7 cm³/mol. The molecule has 0 saturated carbocycles. The molecule has 1 N–H and O–H groups in total. The van der Waals surface area contributed by atoms with Crippen molar-refractivity contribution in [1.82, 2.24) is 9.97 Å². The topological polar surface area (TPSA) is 37.8 Å². The van der Waals surface area contributed by atoms with Gasteiger partial charge in [-0.25, -0.2) is 9.97 Å². The maximum atomic E-state index is 4.39. The number of pyridine rings is 1. The molecule has 0 spiro atoms. The van der Waals surface area contributed by atoms with E-state index >= 15 is 0 Å². The molecule has 21 heavy (non-hydrogen) atoms. The first-order chi connectivity index (χ1) is 10.2. The minimum absolute atomic E-state index is 0.822. The lowest BCUT2D eigenvalue weighted by Gasteiger charge is -2.07. The Morgan fingerprint density at radius 1 is 1.14 bits per heavy atom. The molecule has 2 heterocycles. The second kappa shape index (κ2) is 6.28. The van der Waals surface area contributed by atoms with E-state index in [1.165, 1.54) is 10.5 Å². The summed E-state index contributed by atoms with van der Waals surface area (Å²) in [4.78, 5) is 11.2. The van der Waals surface area contributed by atoms with Gasteiger partial charge in [-0.1, -0.05) is 30.0 Å². The standard InChI is InChI=1S/C16H15N3S2/c1-11-5-3-4-6-14(11)21-13-7-8-17-15(9-13)19-16-18-12(2)10-20-16/h3-10H,1-2H3,(H,17,18,19). The lowest BCUT2D eigenvalue weighted by atomic mass is 10.2. The molecule has 0 saturated heterocycles. The first-order valence-electron chi connectivity index (χ1n) is 6.59. The molecule has 0 aliphatic carbocycles. The molecule has 3 aromatic rings. The molecule has 3 nitrogen and oxygen atoms in total. The summed E-state index contributed by atoms with van der Waals surface area (Å²) in [5, 5.41) is 6.14. The Morgan fingerprint density at radius 3 is 2.76 bits per heavy atom. The van der Waals surface area contributed by atoms with Crippen LogP contribution in [0.25, 0.3) is 0 Å². The fourth-order valence-electron chi connectivity index (χ4n) is 1.86. The van der Waals surface area contributed by atoms with Crippen LogP contribution in [-0.4, -0.2) is 9.97 Å². The zero-order chi connectivity index (χ0) is 14.7. The van der Waals surface area contributed by atoms with Crippen LogP contribution in [0, 0.1) is 13.8 Å². The van der Waals surface area contributed by atoms with Gasteiger partial charge in [0.15, 0.2) is 5.13 Å². The van der Waals surface area contributed by atoms with Gasteiger partial charge in [0.05, 0.1) is 5.69 Å². The van der Waals surface area contributed by atoms with Gasteiger partial charge in [-0.05, 0) is 37.6 Å². The summed E-state index contributed by atoms with van der Waals surface area (Å²) < 4.78 is 0. The van der Waals surface area contributed by atoms with Crippen LogP contribution in [0.4, 0.5) is 10.9 Å². The molecule has 0 aliphatic heterocycles. The van der Waals surface area contributed by atoms with E-state index in [4.69, 9.17) is 0 Å². The number of hydrogen-bond acceptors (Lipinski definition) is 5. The molecule has 3 rings (SSSR count). The Bertz CT molecular complexity index is 753. The first kappa shape index (κ1) is 14.1. The van der Waals surface area contributed by atoms with Gasteiger partial charge in [-0.15, -0.1) is 11.3 Å². The molecule has 0 amide bonds. The molecule has 2 aromatic heterocycles. The van der Waals surface area contributed by atoms with Gasteiger partial charge in [0.25, 0.3) is 0 Å². The Hall–Kier alpha value is -1.85. The highest BCUT2D eigenvalue weighted by molar-refractivity contribution is 7.99. The normalized spacial score (nSPS) is 10.6. The third-order valence-electron chi connectivity index (χ3n) is 2.91. The van der Waals surface area contributed by atoms with Crippen LogP contribution in [0.5, 0.6) is 0 Å². The Kier molecular flexibility index (Phi) is 4.22. The number of thiazole rings is 1. The quantitative estimate of drug-likeness (QED) is 0.731. The highest BCUT2D eigenvalue weighted by Crippen LogP contribution is 2.31. The fraction of sp³-hybridized carbons (Fsp3) is 0.125. The largest absolute Gasteiger partial charge is 0.316 e. The highest BCUT2D eigenvalue weighted by Gasteiger charge is 2.04. The van der Waals surface area contributed by atoms with Crippen molar-refractivity contribution in [3.63, 3.8) is 0 Å². The SMILES string of the molecule is Cc1csc(Nc2cc(Sc3ccccc3C)ccn2)n1. The minimum atomic E-state index is 0.822. The summed E-state index contributed by atoms with van der Waals surface area (Å²) in [6.45, 7) is 4.11. The van der Waals surface area contributed by atoms with Crippen molar-refractivity contribution in [3.8, 4) is 0 Å². The van der Waals surface area contributed by atoms with E-state index in [1.807, 2.05) is 30.6 Å². The summed E-state index contributed by atoms with van der Waals surface area (Å²) in [6.07, 6.45) is 1.82. The fourth-order valence-corrected chi connectivity index (χ4v) is 3.49. The third kappa shape index (κ3) is 3.62. The first-order valence-corrected chi connectivity index (χ1v) is 8.29. The predicted octanol–water partition coefficient (Wildman–Crippen LogP) is 5.05. The minimum Gasteiger partial charge on any atom is -0.316 e. The summed E-state index contributed by atoms with van der Waals surface area (Å²) in [5.41, 5.74) is 2.30. The van der Waals surface area contributed by atoms with Crippen molar-refractivity contribution in [3.05, 3.63) is 59.2 Å². The van der Waals surface area contributed by atoms with E-state index in [0.717, 1.165) is 21.5 Å². The van der Waals surface area contributed by atoms with Crippen LogP contribution in [0.3, 0.4) is 0 Å². The lowest BCUT2D eigenvalue weighted by Crippen LogP contribution is -1.92. The average Bonchev–Trinajstić information content (AvgIpc) is 2.87. The number of rotatable bonds is 4. The highest BCUT2D eigenvalue weighted by atomic mass is 32.2. The molecule has 5 heteroatoms. The van der Waals surface area contributed by atoms with Crippen molar-refractivity contribution < 1.29 is 0 Å². The van der Waals surface area contributed by atoms with Crippen molar-refractivity contribution in [2.45, 2.75) is 23.6 Å². The van der Waals surface area contributed by atoms with Crippen molar-refractivity contribution in [2.24, 2.45) is 0 Å². The number of anilines is 2. The van der Waals surface area contributed by atoms with Crippen LogP contribution in [-0.2, 0) is 0 Å². The molecule has 0 aliphatic rings. The molecule has 106 valence electrons. The summed E-state index contributed by atoms with van der Waals surface area (Å²) in [6, 6.07) is 12.5. The number of nitrogens with one attached hydrogen (secondary N) is 1. The van der Waals surface area contributed by atoms with Crippen molar-refractivity contribution in [1.29, 1.82) is 0 Å². The zero-order valence-corrected chi connectivity index (χ0v) is 13.5. The Morgan fingerprint density at radius 2 is 2.00 bits per heavy atom. The lowest BCUT2D eigenvalue weighted by molar-refractivity contribution is 1.21. The maximum absolute atomic E-state index is 4.39. The average molecular weight is 313 g/mol. The molecule has 0 bridgehead atoms. The molecular formula is C16H15N3S2. The second-order valence-corrected chi connectivity index (χ2v) is 6.64. The number of hydrogen-bond donors (Lipinski definition) is 1. The molecule has 0 unspecified atom stereocenters. The zero-order valence-electron chi connectivity index (χ0n) is 11.8. The van der Waals surface area contributed by atoms with Gasteiger partial charge in [-0.2, -0.15) is 0 Å². The van der Waals surface area contributed by atoms with E-state index in [1.54, 1.807) is 23.1 Å². The van der Waals surface area contributed by atoms with Crippen LogP contribution < -0.4 is 5.32 Å². The molecular weight excluding hydrogens is 298 g/mol. The smallest absolute Gasteiger partial charge is 0.188 e. The van der Waals surface area contributed by atoms with E-state index in [-0.39, 0.29) is 0 Å². The van der Waals surface area contributed by atoms with Gasteiger partial charge < -0.3 is 5.32 Å². The van der Waals surface area contributed by atoms with Gasteiger partial charge in [-0.3, -0.25) is 0 Å². The summed E-state index contributed by atoms with van der Waals surface area (Å²) in [5.74, 6) is 0.822. The number of benzene rings is 1. The summed E-state index contributed by atoms with van der Waals surface area (Å²) >= 11 is 3.33. The molecule has 1 aromatic carbocycles. The second-order valence-electron chi connectivity index (χ2n) is 4.66. The van der Waals surface area contributed by atoms with E-state index in [9.17, 15) is 0 Å². The van der Waals surface area contributed by atoms with E-state index < -0.39 is 0 Å². The number of aromatic nitrogens is 2. The van der Waals surface area contributed by atoms with Gasteiger partial charge in [0, 0.05) is 21.4 Å². The molecule has 0 atom stereocenters. The van der Waals surface area contributed by atoms with Gasteiger partial charge >= 0.3 is 0 Å². The molecule has 0 fully saturated rings.